The minimum atomic E-state index is -1.08. The molecule has 2 amide bonds. The van der Waals surface area contributed by atoms with Crippen LogP contribution in [0.1, 0.15) is 16.7 Å². The zero-order valence-electron chi connectivity index (χ0n) is 19.7. The maximum Gasteiger partial charge on any atom is 0.408 e. The zero-order chi connectivity index (χ0) is 25.9. The van der Waals surface area contributed by atoms with Crippen molar-refractivity contribution in [2.75, 3.05) is 7.11 Å². The van der Waals surface area contributed by atoms with Crippen molar-refractivity contribution in [3.63, 3.8) is 0 Å². The van der Waals surface area contributed by atoms with Gasteiger partial charge in [0.2, 0.25) is 5.91 Å². The Hall–Kier alpha value is -4.53. The van der Waals surface area contributed by atoms with Crippen LogP contribution in [-0.2, 0) is 38.5 Å². The molecule has 0 spiro atoms. The number of phenols is 2. The summed E-state index contributed by atoms with van der Waals surface area (Å²) in [6, 6.07) is 19.4. The number of esters is 1. The predicted molar refractivity (Wildman–Crippen MR) is 131 cm³/mol. The summed E-state index contributed by atoms with van der Waals surface area (Å²) in [5.41, 5.74) is 2.14. The van der Waals surface area contributed by atoms with Crippen LogP contribution in [0.5, 0.6) is 11.5 Å². The molecular formula is C27H28N2O7. The van der Waals surface area contributed by atoms with Gasteiger partial charge in [-0.2, -0.15) is 0 Å². The molecule has 0 fully saturated rings. The van der Waals surface area contributed by atoms with E-state index in [1.54, 1.807) is 36.4 Å². The summed E-state index contributed by atoms with van der Waals surface area (Å²) in [6.45, 7) is 0.0197. The molecule has 0 aliphatic heterocycles. The number of amides is 2. The lowest BCUT2D eigenvalue weighted by atomic mass is 10.0. The normalized spacial score (nSPS) is 12.1. The number of carbonyl (C=O) groups excluding carboxylic acids is 3. The third-order valence-electron chi connectivity index (χ3n) is 5.38. The Kier molecular flexibility index (Phi) is 9.27. The van der Waals surface area contributed by atoms with Gasteiger partial charge in [0.1, 0.15) is 30.2 Å². The summed E-state index contributed by atoms with van der Waals surface area (Å²) in [4.78, 5) is 38.1. The van der Waals surface area contributed by atoms with E-state index in [0.717, 1.165) is 5.56 Å². The van der Waals surface area contributed by atoms with Crippen LogP contribution in [0.2, 0.25) is 0 Å². The van der Waals surface area contributed by atoms with Gasteiger partial charge in [-0.15, -0.1) is 0 Å². The second kappa shape index (κ2) is 12.8. The lowest BCUT2D eigenvalue weighted by Gasteiger charge is -2.22. The first-order chi connectivity index (χ1) is 17.3. The summed E-state index contributed by atoms with van der Waals surface area (Å²) in [7, 11) is 1.21. The number of rotatable bonds is 10. The molecule has 0 radical (unpaired) electrons. The standard InChI is InChI=1S/C27H28N2O7/c1-35-26(33)24(16-19-9-13-22(31)14-10-19)28-25(32)23(15-18-7-11-21(30)12-8-18)29-27(34)36-17-20-5-3-2-4-6-20/h2-14,23-24,30-31H,15-17H2,1H3,(H,28,32)(H,29,34)/t23-,24+/m1/s1. The van der Waals surface area contributed by atoms with Gasteiger partial charge in [0.05, 0.1) is 7.11 Å². The van der Waals surface area contributed by atoms with E-state index in [2.05, 4.69) is 10.6 Å². The van der Waals surface area contributed by atoms with Crippen molar-refractivity contribution in [3.05, 3.63) is 95.6 Å². The maximum atomic E-state index is 13.2. The van der Waals surface area contributed by atoms with E-state index >= 15 is 0 Å². The number of hydrogen-bond donors (Lipinski definition) is 4. The molecule has 0 unspecified atom stereocenters. The minimum absolute atomic E-state index is 0.0197. The Labute approximate surface area is 208 Å². The van der Waals surface area contributed by atoms with E-state index < -0.39 is 30.1 Å². The average molecular weight is 493 g/mol. The fourth-order valence-corrected chi connectivity index (χ4v) is 3.46. The molecule has 9 heteroatoms. The molecule has 9 nitrogen and oxygen atoms in total. The van der Waals surface area contributed by atoms with E-state index in [4.69, 9.17) is 9.47 Å². The van der Waals surface area contributed by atoms with Gasteiger partial charge in [0, 0.05) is 12.8 Å². The van der Waals surface area contributed by atoms with E-state index in [1.165, 1.54) is 31.4 Å². The van der Waals surface area contributed by atoms with Gasteiger partial charge >= 0.3 is 12.1 Å². The fourth-order valence-electron chi connectivity index (χ4n) is 3.46. The van der Waals surface area contributed by atoms with Crippen LogP contribution >= 0.6 is 0 Å². The van der Waals surface area contributed by atoms with Gasteiger partial charge in [0.25, 0.3) is 0 Å². The predicted octanol–water partition coefficient (Wildman–Crippen LogP) is 2.84. The number of phenolic OH excluding ortho intramolecular Hbond substituents is 2. The molecule has 3 aromatic carbocycles. The molecule has 36 heavy (non-hydrogen) atoms. The molecule has 0 saturated heterocycles. The van der Waals surface area contributed by atoms with Crippen LogP contribution in [0, 0.1) is 0 Å². The molecule has 3 aromatic rings. The zero-order valence-corrected chi connectivity index (χ0v) is 19.7. The first-order valence-corrected chi connectivity index (χ1v) is 11.3. The van der Waals surface area contributed by atoms with Crippen molar-refractivity contribution in [2.24, 2.45) is 0 Å². The van der Waals surface area contributed by atoms with Crippen molar-refractivity contribution in [3.8, 4) is 11.5 Å². The average Bonchev–Trinajstić information content (AvgIpc) is 2.89. The maximum absolute atomic E-state index is 13.2. The monoisotopic (exact) mass is 492 g/mol. The summed E-state index contributed by atoms with van der Waals surface area (Å²) in [6.07, 6.45) is -0.603. The molecular weight excluding hydrogens is 464 g/mol. The van der Waals surface area contributed by atoms with Gasteiger partial charge in [-0.05, 0) is 41.0 Å². The molecule has 0 saturated carbocycles. The summed E-state index contributed by atoms with van der Waals surface area (Å²) in [5.74, 6) is -1.14. The van der Waals surface area contributed by atoms with Crippen LogP contribution in [0.25, 0.3) is 0 Å². The topological polar surface area (TPSA) is 134 Å². The van der Waals surface area contributed by atoms with Crippen LogP contribution in [0.15, 0.2) is 78.9 Å². The quantitative estimate of drug-likeness (QED) is 0.320. The summed E-state index contributed by atoms with van der Waals surface area (Å²) >= 11 is 0. The summed E-state index contributed by atoms with van der Waals surface area (Å²) < 4.78 is 10.1. The molecule has 4 N–H and O–H groups in total. The number of methoxy groups -OCH3 is 1. The van der Waals surface area contributed by atoms with Crippen molar-refractivity contribution < 1.29 is 34.1 Å². The van der Waals surface area contributed by atoms with Crippen LogP contribution in [0.3, 0.4) is 0 Å². The Morgan fingerprint density at radius 3 is 1.78 bits per heavy atom. The number of carbonyl (C=O) groups is 3. The highest BCUT2D eigenvalue weighted by Gasteiger charge is 2.28. The first kappa shape index (κ1) is 26.1. The largest absolute Gasteiger partial charge is 0.508 e. The Morgan fingerprint density at radius 1 is 0.722 bits per heavy atom. The number of nitrogens with one attached hydrogen (secondary N) is 2. The molecule has 0 bridgehead atoms. The second-order valence-corrected chi connectivity index (χ2v) is 8.08. The number of benzene rings is 3. The molecule has 0 aromatic heterocycles. The van der Waals surface area contributed by atoms with Crippen molar-refractivity contribution in [1.29, 1.82) is 0 Å². The lowest BCUT2D eigenvalue weighted by Crippen LogP contribution is -2.53. The van der Waals surface area contributed by atoms with Crippen LogP contribution < -0.4 is 10.6 Å². The summed E-state index contributed by atoms with van der Waals surface area (Å²) in [5, 5.41) is 24.3. The lowest BCUT2D eigenvalue weighted by molar-refractivity contribution is -0.145. The SMILES string of the molecule is COC(=O)[C@H](Cc1ccc(O)cc1)NC(=O)[C@@H](Cc1ccc(O)cc1)NC(=O)OCc1ccccc1. The third-order valence-corrected chi connectivity index (χ3v) is 5.38. The van der Waals surface area contributed by atoms with Gasteiger partial charge < -0.3 is 30.3 Å². The molecule has 2 atom stereocenters. The number of alkyl carbamates (subject to hydrolysis) is 1. The van der Waals surface area contributed by atoms with Crippen molar-refractivity contribution in [2.45, 2.75) is 31.5 Å². The Bertz CT molecular complexity index is 1150. The van der Waals surface area contributed by atoms with Crippen LogP contribution in [-0.4, -0.2) is 47.4 Å². The highest BCUT2D eigenvalue weighted by Crippen LogP contribution is 2.14. The Morgan fingerprint density at radius 2 is 1.25 bits per heavy atom. The number of ether oxygens (including phenoxy) is 2. The fraction of sp³-hybridized carbons (Fsp3) is 0.222. The van der Waals surface area contributed by atoms with Gasteiger partial charge in [-0.25, -0.2) is 9.59 Å². The number of aromatic hydroxyl groups is 2. The number of hydrogen-bond acceptors (Lipinski definition) is 7. The molecule has 0 heterocycles. The Balaban J connectivity index is 1.73. The van der Waals surface area contributed by atoms with Crippen molar-refractivity contribution in [1.82, 2.24) is 10.6 Å². The molecule has 0 aliphatic carbocycles. The molecule has 3 rings (SSSR count). The first-order valence-electron chi connectivity index (χ1n) is 11.3. The smallest absolute Gasteiger partial charge is 0.408 e. The second-order valence-electron chi connectivity index (χ2n) is 8.08. The van der Waals surface area contributed by atoms with E-state index in [9.17, 15) is 24.6 Å². The van der Waals surface area contributed by atoms with E-state index in [1.807, 2.05) is 18.2 Å². The van der Waals surface area contributed by atoms with Crippen LogP contribution in [0.4, 0.5) is 4.79 Å². The highest BCUT2D eigenvalue weighted by molar-refractivity contribution is 5.90. The van der Waals surface area contributed by atoms with Gasteiger partial charge in [0.15, 0.2) is 0 Å². The third kappa shape index (κ3) is 8.05. The minimum Gasteiger partial charge on any atom is -0.508 e. The van der Waals surface area contributed by atoms with Gasteiger partial charge in [-0.1, -0.05) is 54.6 Å². The van der Waals surface area contributed by atoms with Gasteiger partial charge in [-0.3, -0.25) is 4.79 Å². The van der Waals surface area contributed by atoms with E-state index in [-0.39, 0.29) is 30.9 Å². The molecule has 188 valence electrons. The highest BCUT2D eigenvalue weighted by atomic mass is 16.5. The van der Waals surface area contributed by atoms with E-state index in [0.29, 0.717) is 11.1 Å². The molecule has 0 aliphatic rings. The van der Waals surface area contributed by atoms with Crippen molar-refractivity contribution >= 4 is 18.0 Å².